The van der Waals surface area contributed by atoms with Gasteiger partial charge in [-0.2, -0.15) is 9.97 Å². The largest absolute Gasteiger partial charge is 0.456 e. The molecule has 8 aromatic carbocycles. The van der Waals surface area contributed by atoms with Crippen molar-refractivity contribution in [3.8, 4) is 51.0 Å². The Morgan fingerprint density at radius 3 is 1.95 bits per heavy atom. The maximum absolute atomic E-state index is 6.61. The molecule has 6 heteroatoms. The summed E-state index contributed by atoms with van der Waals surface area (Å²) in [5.41, 5.74) is 10.1. The lowest BCUT2D eigenvalue weighted by Gasteiger charge is -2.11. The van der Waals surface area contributed by atoms with E-state index in [4.69, 9.17) is 19.4 Å². The zero-order valence-electron chi connectivity index (χ0n) is 30.4. The van der Waals surface area contributed by atoms with E-state index in [1.54, 1.807) is 0 Å². The molecule has 0 amide bonds. The second-order valence-electron chi connectivity index (χ2n) is 14.4. The minimum atomic E-state index is 0.566. The van der Waals surface area contributed by atoms with E-state index in [1.165, 1.54) is 36.7 Å². The van der Waals surface area contributed by atoms with E-state index in [9.17, 15) is 0 Å². The molecule has 266 valence electrons. The number of nitrogens with zero attached hydrogens (tertiary/aromatic N) is 4. The van der Waals surface area contributed by atoms with Gasteiger partial charge >= 0.3 is 0 Å². The van der Waals surface area contributed by atoms with Crippen LogP contribution in [-0.4, -0.2) is 19.5 Å². The third-order valence-corrected chi connectivity index (χ3v) is 12.2. The number of hydrogen-bond acceptors (Lipinski definition) is 5. The summed E-state index contributed by atoms with van der Waals surface area (Å²) in [7, 11) is 0. The summed E-state index contributed by atoms with van der Waals surface area (Å²) in [6, 6.07) is 63.8. The second kappa shape index (κ2) is 12.6. The Bertz CT molecular complexity index is 3530. The van der Waals surface area contributed by atoms with E-state index in [2.05, 4.69) is 144 Å². The van der Waals surface area contributed by atoms with Crippen molar-refractivity contribution in [1.82, 2.24) is 19.5 Å². The lowest BCUT2D eigenvalue weighted by atomic mass is 9.96. The van der Waals surface area contributed by atoms with Gasteiger partial charge in [0, 0.05) is 52.8 Å². The van der Waals surface area contributed by atoms with Crippen LogP contribution in [0.3, 0.4) is 0 Å². The van der Waals surface area contributed by atoms with Gasteiger partial charge in [-0.05, 0) is 70.8 Å². The molecule has 0 radical (unpaired) electrons. The maximum Gasteiger partial charge on any atom is 0.238 e. The highest BCUT2D eigenvalue weighted by Gasteiger charge is 2.21. The third-order valence-electron chi connectivity index (χ3n) is 11.1. The standard InChI is InChI=1S/C51H30N4OS/c1-3-13-31(14-4-1)33-17-11-18-34(27-33)36-21-12-23-44-48(36)39-26-25-35(28-45(39)56-44)50-52-49(32-15-5-2-6-16-32)53-51(54-50)55-42-22-9-7-19-37(42)40-29-41-38-20-8-10-24-46(38)57-47(41)30-43(40)55/h1-30H. The molecule has 0 aliphatic carbocycles. The topological polar surface area (TPSA) is 56.7 Å². The molecule has 57 heavy (non-hydrogen) atoms. The van der Waals surface area contributed by atoms with Gasteiger partial charge in [0.05, 0.1) is 11.0 Å². The van der Waals surface area contributed by atoms with Crippen LogP contribution >= 0.6 is 11.3 Å². The fourth-order valence-electron chi connectivity index (χ4n) is 8.42. The van der Waals surface area contributed by atoms with Crippen molar-refractivity contribution in [2.24, 2.45) is 0 Å². The van der Waals surface area contributed by atoms with E-state index >= 15 is 0 Å². The van der Waals surface area contributed by atoms with Crippen LogP contribution in [-0.2, 0) is 0 Å². The average Bonchev–Trinajstić information content (AvgIpc) is 3.95. The Labute approximate surface area is 330 Å². The minimum Gasteiger partial charge on any atom is -0.456 e. The predicted molar refractivity (Wildman–Crippen MR) is 236 cm³/mol. The van der Waals surface area contributed by atoms with Crippen LogP contribution in [0.1, 0.15) is 0 Å². The molecule has 4 heterocycles. The smallest absolute Gasteiger partial charge is 0.238 e. The second-order valence-corrected chi connectivity index (χ2v) is 15.5. The van der Waals surface area contributed by atoms with Gasteiger partial charge in [-0.25, -0.2) is 4.98 Å². The first-order chi connectivity index (χ1) is 28.2. The SMILES string of the molecule is c1ccc(-c2cccc(-c3cccc4oc5cc(-c6nc(-c7ccccc7)nc(-n7c8ccccc8c8cc9c(cc87)sc7ccccc79)n6)ccc5c34)c2)cc1. The number of fused-ring (bicyclic) bond motifs is 9. The van der Waals surface area contributed by atoms with E-state index in [1.807, 2.05) is 53.8 Å². The average molecular weight is 747 g/mol. The van der Waals surface area contributed by atoms with Crippen molar-refractivity contribution >= 4 is 75.3 Å². The molecule has 12 aromatic rings. The fourth-order valence-corrected chi connectivity index (χ4v) is 9.54. The number of furan rings is 1. The van der Waals surface area contributed by atoms with Gasteiger partial charge in [-0.1, -0.05) is 133 Å². The van der Waals surface area contributed by atoms with Gasteiger partial charge in [0.15, 0.2) is 11.6 Å². The van der Waals surface area contributed by atoms with Gasteiger partial charge in [0.2, 0.25) is 5.95 Å². The van der Waals surface area contributed by atoms with Gasteiger partial charge in [0.25, 0.3) is 0 Å². The molecule has 0 spiro atoms. The summed E-state index contributed by atoms with van der Waals surface area (Å²) in [6.45, 7) is 0. The molecule has 0 fully saturated rings. The highest BCUT2D eigenvalue weighted by atomic mass is 32.1. The Hall–Kier alpha value is -7.41. The van der Waals surface area contributed by atoms with Crippen molar-refractivity contribution in [2.45, 2.75) is 0 Å². The Kier molecular flexibility index (Phi) is 7.03. The van der Waals surface area contributed by atoms with Crippen LogP contribution in [0.25, 0.3) is 115 Å². The number of benzene rings is 8. The summed E-state index contributed by atoms with van der Waals surface area (Å²) in [6.07, 6.45) is 0. The van der Waals surface area contributed by atoms with Crippen molar-refractivity contribution < 1.29 is 4.42 Å². The van der Waals surface area contributed by atoms with E-state index in [-0.39, 0.29) is 0 Å². The number of hydrogen-bond donors (Lipinski definition) is 0. The monoisotopic (exact) mass is 746 g/mol. The molecule has 0 unspecified atom stereocenters. The maximum atomic E-state index is 6.61. The Morgan fingerprint density at radius 2 is 1.09 bits per heavy atom. The molecule has 0 aliphatic heterocycles. The summed E-state index contributed by atoms with van der Waals surface area (Å²) < 4.78 is 11.3. The van der Waals surface area contributed by atoms with Crippen LogP contribution in [0.15, 0.2) is 186 Å². The normalized spacial score (nSPS) is 11.9. The molecular weight excluding hydrogens is 717 g/mol. The molecule has 0 saturated heterocycles. The van der Waals surface area contributed by atoms with E-state index in [0.717, 1.165) is 60.6 Å². The quantitative estimate of drug-likeness (QED) is 0.176. The summed E-state index contributed by atoms with van der Waals surface area (Å²) in [4.78, 5) is 15.6. The third kappa shape index (κ3) is 5.12. The number of para-hydroxylation sites is 1. The first-order valence-electron chi connectivity index (χ1n) is 19.0. The van der Waals surface area contributed by atoms with Crippen LogP contribution in [0.4, 0.5) is 0 Å². The first-order valence-corrected chi connectivity index (χ1v) is 19.8. The van der Waals surface area contributed by atoms with Gasteiger partial charge in [-0.15, -0.1) is 11.3 Å². The van der Waals surface area contributed by atoms with Gasteiger partial charge < -0.3 is 4.42 Å². The highest BCUT2D eigenvalue weighted by Crippen LogP contribution is 2.42. The number of rotatable bonds is 5. The highest BCUT2D eigenvalue weighted by molar-refractivity contribution is 7.25. The molecule has 0 atom stereocenters. The van der Waals surface area contributed by atoms with Crippen molar-refractivity contribution in [3.05, 3.63) is 182 Å². The molecule has 0 aliphatic rings. The van der Waals surface area contributed by atoms with E-state index < -0.39 is 0 Å². The van der Waals surface area contributed by atoms with Crippen LogP contribution in [0, 0.1) is 0 Å². The summed E-state index contributed by atoms with van der Waals surface area (Å²) in [5.74, 6) is 1.75. The van der Waals surface area contributed by atoms with Crippen LogP contribution < -0.4 is 0 Å². The summed E-state index contributed by atoms with van der Waals surface area (Å²) >= 11 is 1.82. The Balaban J connectivity index is 1.05. The lowest BCUT2D eigenvalue weighted by Crippen LogP contribution is -2.06. The summed E-state index contributed by atoms with van der Waals surface area (Å²) in [5, 5.41) is 6.99. The van der Waals surface area contributed by atoms with E-state index in [0.29, 0.717) is 17.6 Å². The number of thiophene rings is 1. The minimum absolute atomic E-state index is 0.566. The van der Waals surface area contributed by atoms with Crippen LogP contribution in [0.2, 0.25) is 0 Å². The zero-order chi connectivity index (χ0) is 37.5. The van der Waals surface area contributed by atoms with Gasteiger partial charge in [0.1, 0.15) is 11.2 Å². The molecule has 12 rings (SSSR count). The molecule has 0 saturated carbocycles. The number of aromatic nitrogens is 4. The molecular formula is C51H30N4OS. The van der Waals surface area contributed by atoms with Crippen molar-refractivity contribution in [2.75, 3.05) is 0 Å². The van der Waals surface area contributed by atoms with Crippen LogP contribution in [0.5, 0.6) is 0 Å². The van der Waals surface area contributed by atoms with Gasteiger partial charge in [-0.3, -0.25) is 4.57 Å². The van der Waals surface area contributed by atoms with Crippen molar-refractivity contribution in [1.29, 1.82) is 0 Å². The molecule has 5 nitrogen and oxygen atoms in total. The Morgan fingerprint density at radius 1 is 0.386 bits per heavy atom. The molecule has 0 bridgehead atoms. The van der Waals surface area contributed by atoms with Crippen molar-refractivity contribution in [3.63, 3.8) is 0 Å². The zero-order valence-corrected chi connectivity index (χ0v) is 31.2. The lowest BCUT2D eigenvalue weighted by molar-refractivity contribution is 0.669. The molecule has 4 aromatic heterocycles. The molecule has 0 N–H and O–H groups in total. The predicted octanol–water partition coefficient (Wildman–Crippen LogP) is 13.9. The first kappa shape index (κ1) is 31.9. The fraction of sp³-hybridized carbons (Fsp3) is 0.